The molecule has 4 nitrogen and oxygen atoms in total. The van der Waals surface area contributed by atoms with Crippen LogP contribution in [0.2, 0.25) is 0 Å². The zero-order valence-electron chi connectivity index (χ0n) is 14.9. The lowest BCUT2D eigenvalue weighted by Crippen LogP contribution is -2.35. The Morgan fingerprint density at radius 2 is 1.96 bits per heavy atom. The molecule has 1 heterocycles. The topological polar surface area (TPSA) is 44.7 Å². The van der Waals surface area contributed by atoms with Crippen LogP contribution in [0.15, 0.2) is 46.2 Å². The van der Waals surface area contributed by atoms with E-state index in [2.05, 4.69) is 75.2 Å². The molecule has 0 fully saturated rings. The van der Waals surface area contributed by atoms with Crippen molar-refractivity contribution in [2.45, 2.75) is 46.1 Å². The van der Waals surface area contributed by atoms with Gasteiger partial charge in [-0.3, -0.25) is 5.26 Å². The second-order valence-corrected chi connectivity index (χ2v) is 7.84. The van der Waals surface area contributed by atoms with Gasteiger partial charge in [-0.05, 0) is 56.5 Å². The minimum absolute atomic E-state index is 0.578. The molecule has 5 heteroatoms. The highest BCUT2D eigenvalue weighted by atomic mass is 79.9. The third-order valence-corrected chi connectivity index (χ3v) is 4.52. The summed E-state index contributed by atoms with van der Waals surface area (Å²) in [4.78, 5) is 6.86. The van der Waals surface area contributed by atoms with Crippen LogP contribution in [0.5, 0.6) is 0 Å². The molecule has 1 aliphatic rings. The van der Waals surface area contributed by atoms with Crippen LogP contribution < -0.4 is 10.2 Å². The molecule has 0 saturated heterocycles. The van der Waals surface area contributed by atoms with Gasteiger partial charge in [0.15, 0.2) is 0 Å². The van der Waals surface area contributed by atoms with Crippen molar-refractivity contribution < 1.29 is 10.1 Å². The van der Waals surface area contributed by atoms with E-state index in [0.29, 0.717) is 6.42 Å². The zero-order chi connectivity index (χ0) is 17.7. The number of dihydropyridines is 1. The summed E-state index contributed by atoms with van der Waals surface area (Å²) in [5.41, 5.74) is 2.95. The molecular weight excluding hydrogens is 368 g/mol. The van der Waals surface area contributed by atoms with Gasteiger partial charge in [-0.25, -0.2) is 4.89 Å². The van der Waals surface area contributed by atoms with Crippen molar-refractivity contribution in [3.8, 4) is 0 Å². The van der Waals surface area contributed by atoms with Gasteiger partial charge in [0.25, 0.3) is 0 Å². The number of allylic oxidation sites excluding steroid dienone is 2. The number of hydrogen-bond donors (Lipinski definition) is 2. The summed E-state index contributed by atoms with van der Waals surface area (Å²) < 4.78 is 1.17. The maximum absolute atomic E-state index is 8.96. The van der Waals surface area contributed by atoms with Crippen LogP contribution in [0, 0.1) is 0 Å². The fraction of sp³-hybridized carbons (Fsp3) is 0.474. The molecule has 0 bridgehead atoms. The molecule has 1 aromatic carbocycles. The number of benzene rings is 1. The lowest BCUT2D eigenvalue weighted by Gasteiger charge is -2.31. The van der Waals surface area contributed by atoms with E-state index in [1.165, 1.54) is 10.1 Å². The molecule has 2 rings (SSSR count). The molecule has 0 atom stereocenters. The predicted octanol–water partition coefficient (Wildman–Crippen LogP) is 4.83. The minimum atomic E-state index is -0.578. The van der Waals surface area contributed by atoms with E-state index in [9.17, 15) is 0 Å². The molecule has 0 aliphatic carbocycles. The molecule has 1 aromatic rings. The quantitative estimate of drug-likeness (QED) is 0.513. The summed E-state index contributed by atoms with van der Waals surface area (Å²) in [7, 11) is 0. The largest absolute Gasteiger partial charge is 0.367 e. The first-order valence-corrected chi connectivity index (χ1v) is 9.15. The molecule has 0 saturated carbocycles. The van der Waals surface area contributed by atoms with Crippen LogP contribution in [0.4, 0.5) is 5.69 Å². The number of anilines is 1. The molecule has 24 heavy (non-hydrogen) atoms. The van der Waals surface area contributed by atoms with Crippen LogP contribution >= 0.6 is 15.9 Å². The van der Waals surface area contributed by atoms with Gasteiger partial charge in [-0.2, -0.15) is 0 Å². The van der Waals surface area contributed by atoms with Crippen molar-refractivity contribution in [1.29, 1.82) is 0 Å². The van der Waals surface area contributed by atoms with Crippen molar-refractivity contribution >= 4 is 21.6 Å². The van der Waals surface area contributed by atoms with Crippen LogP contribution in [0.1, 0.15) is 39.7 Å². The molecule has 1 aliphatic heterocycles. The SMILES string of the molecule is CCCN(C1=C(C)C=C(Br)CN1)c1ccc(CC(C)(C)OO)cc1. The van der Waals surface area contributed by atoms with Crippen molar-refractivity contribution in [3.05, 3.63) is 51.8 Å². The summed E-state index contributed by atoms with van der Waals surface area (Å²) in [6, 6.07) is 8.47. The van der Waals surface area contributed by atoms with E-state index in [1.807, 2.05) is 13.8 Å². The maximum atomic E-state index is 8.96. The van der Waals surface area contributed by atoms with E-state index in [-0.39, 0.29) is 0 Å². The Morgan fingerprint density at radius 1 is 1.29 bits per heavy atom. The van der Waals surface area contributed by atoms with Gasteiger partial charge in [0.05, 0.1) is 0 Å². The molecule has 132 valence electrons. The maximum Gasteiger partial charge on any atom is 0.109 e. The summed E-state index contributed by atoms with van der Waals surface area (Å²) in [5, 5.41) is 12.5. The third kappa shape index (κ3) is 4.85. The van der Waals surface area contributed by atoms with Crippen LogP contribution in [0.25, 0.3) is 0 Å². The lowest BCUT2D eigenvalue weighted by molar-refractivity contribution is -0.312. The lowest BCUT2D eigenvalue weighted by atomic mass is 9.98. The zero-order valence-corrected chi connectivity index (χ0v) is 16.5. The van der Waals surface area contributed by atoms with Crippen LogP contribution in [-0.4, -0.2) is 23.9 Å². The van der Waals surface area contributed by atoms with Crippen LogP contribution in [-0.2, 0) is 11.3 Å². The van der Waals surface area contributed by atoms with E-state index >= 15 is 0 Å². The van der Waals surface area contributed by atoms with E-state index in [0.717, 1.165) is 36.6 Å². The number of hydrogen-bond acceptors (Lipinski definition) is 4. The first-order chi connectivity index (χ1) is 11.4. The van der Waals surface area contributed by atoms with Crippen molar-refractivity contribution in [2.24, 2.45) is 0 Å². The highest BCUT2D eigenvalue weighted by Crippen LogP contribution is 2.26. The molecular formula is C19H27BrN2O2. The number of nitrogens with zero attached hydrogens (tertiary/aromatic N) is 1. The van der Waals surface area contributed by atoms with E-state index in [4.69, 9.17) is 5.26 Å². The Labute approximate surface area is 153 Å². The Hall–Kier alpha value is -1.30. The molecule has 0 spiro atoms. The molecule has 2 N–H and O–H groups in total. The second kappa shape index (κ2) is 8.19. The van der Waals surface area contributed by atoms with Gasteiger partial charge in [0.2, 0.25) is 0 Å². The van der Waals surface area contributed by atoms with Crippen molar-refractivity contribution in [1.82, 2.24) is 5.32 Å². The van der Waals surface area contributed by atoms with Gasteiger partial charge < -0.3 is 10.2 Å². The average Bonchev–Trinajstić information content (AvgIpc) is 2.54. The van der Waals surface area contributed by atoms with Crippen LogP contribution in [0.3, 0.4) is 0 Å². The van der Waals surface area contributed by atoms with Gasteiger partial charge in [0.1, 0.15) is 11.4 Å². The normalized spacial score (nSPS) is 15.2. The minimum Gasteiger partial charge on any atom is -0.367 e. The Balaban J connectivity index is 2.25. The third-order valence-electron chi connectivity index (χ3n) is 4.01. The molecule has 0 radical (unpaired) electrons. The average molecular weight is 395 g/mol. The van der Waals surface area contributed by atoms with Crippen molar-refractivity contribution in [3.63, 3.8) is 0 Å². The highest BCUT2D eigenvalue weighted by Gasteiger charge is 2.20. The van der Waals surface area contributed by atoms with Gasteiger partial charge in [-0.15, -0.1) is 0 Å². The van der Waals surface area contributed by atoms with E-state index in [1.54, 1.807) is 0 Å². The van der Waals surface area contributed by atoms with Gasteiger partial charge >= 0.3 is 0 Å². The fourth-order valence-electron chi connectivity index (χ4n) is 2.88. The Kier molecular flexibility index (Phi) is 6.49. The van der Waals surface area contributed by atoms with Gasteiger partial charge in [0, 0.05) is 29.7 Å². The van der Waals surface area contributed by atoms with Crippen molar-refractivity contribution in [2.75, 3.05) is 18.0 Å². The van der Waals surface area contributed by atoms with Gasteiger partial charge in [-0.1, -0.05) is 35.0 Å². The number of halogens is 1. The smallest absolute Gasteiger partial charge is 0.109 e. The highest BCUT2D eigenvalue weighted by molar-refractivity contribution is 9.11. The molecule has 0 aromatic heterocycles. The Bertz CT molecular complexity index is 621. The summed E-state index contributed by atoms with van der Waals surface area (Å²) in [6.45, 7) is 9.82. The number of rotatable bonds is 7. The number of nitrogens with one attached hydrogen (secondary N) is 1. The first-order valence-electron chi connectivity index (χ1n) is 8.36. The summed E-state index contributed by atoms with van der Waals surface area (Å²) in [5.74, 6) is 1.16. The Morgan fingerprint density at radius 3 is 2.50 bits per heavy atom. The summed E-state index contributed by atoms with van der Waals surface area (Å²) >= 11 is 3.56. The second-order valence-electron chi connectivity index (χ2n) is 6.82. The fourth-order valence-corrected chi connectivity index (χ4v) is 3.36. The summed E-state index contributed by atoms with van der Waals surface area (Å²) in [6.07, 6.45) is 3.90. The predicted molar refractivity (Wildman–Crippen MR) is 103 cm³/mol. The monoisotopic (exact) mass is 394 g/mol. The first kappa shape index (κ1) is 19.0. The molecule has 0 unspecified atom stereocenters. The van der Waals surface area contributed by atoms with E-state index < -0.39 is 5.60 Å². The standard InChI is InChI=1S/C19H27BrN2O2/c1-5-10-22(18-14(2)11-16(20)13-21-18)17-8-6-15(7-9-17)12-19(3,4)24-23/h6-9,11,21,23H,5,10,12-13H2,1-4H3. The molecule has 0 amide bonds.